The number of likely N-dealkylation sites (tertiary alicyclic amines) is 1. The molecule has 1 N–H and O–H groups in total. The largest absolute Gasteiger partial charge is 0.331 e. The van der Waals surface area contributed by atoms with Gasteiger partial charge in [0, 0.05) is 25.2 Å². The summed E-state index contributed by atoms with van der Waals surface area (Å²) in [7, 11) is 0. The van der Waals surface area contributed by atoms with Crippen molar-refractivity contribution in [1.29, 1.82) is 0 Å². The van der Waals surface area contributed by atoms with E-state index in [9.17, 15) is 18.8 Å². The fraction of sp³-hybridized carbons (Fsp3) is 0.382. The van der Waals surface area contributed by atoms with Gasteiger partial charge in [-0.3, -0.25) is 14.4 Å². The summed E-state index contributed by atoms with van der Waals surface area (Å²) in [5, 5.41) is 3.02. The van der Waals surface area contributed by atoms with E-state index in [0.717, 1.165) is 5.56 Å². The van der Waals surface area contributed by atoms with Gasteiger partial charge in [0.1, 0.15) is 11.6 Å². The van der Waals surface area contributed by atoms with Crippen LogP contribution in [0.2, 0.25) is 0 Å². The predicted octanol–water partition coefficient (Wildman–Crippen LogP) is 6.93. The lowest BCUT2D eigenvalue weighted by Crippen LogP contribution is -2.47. The number of nitrogens with one attached hydrogen (secondary N) is 1. The minimum absolute atomic E-state index is 0.0545. The van der Waals surface area contributed by atoms with Crippen molar-refractivity contribution in [1.82, 2.24) is 4.90 Å². The SMILES string of the molecule is Cc1cccc(F)c1C(=O)N1CCC[C@H](C(=O)Nc2cccc(C(C)(C)C)c2)[C@@H]1c1ccc(N2CCCC2=O)c(F)c1. The first kappa shape index (κ1) is 29.4. The zero-order valence-electron chi connectivity index (χ0n) is 24.5. The number of carbonyl (C=O) groups excluding carboxylic acids is 3. The number of rotatable bonds is 5. The Hall–Kier alpha value is -4.07. The third-order valence-corrected chi connectivity index (χ3v) is 8.34. The van der Waals surface area contributed by atoms with Gasteiger partial charge in [-0.25, -0.2) is 8.78 Å². The van der Waals surface area contributed by atoms with Gasteiger partial charge in [-0.05, 0) is 78.6 Å². The van der Waals surface area contributed by atoms with E-state index in [1.807, 2.05) is 24.3 Å². The van der Waals surface area contributed by atoms with Crippen LogP contribution in [-0.2, 0) is 15.0 Å². The summed E-state index contributed by atoms with van der Waals surface area (Å²) in [6, 6.07) is 15.8. The van der Waals surface area contributed by atoms with E-state index < -0.39 is 29.5 Å². The predicted molar refractivity (Wildman–Crippen MR) is 159 cm³/mol. The Morgan fingerprint density at radius 3 is 2.36 bits per heavy atom. The highest BCUT2D eigenvalue weighted by atomic mass is 19.1. The first-order valence-electron chi connectivity index (χ1n) is 14.5. The number of halogens is 2. The van der Waals surface area contributed by atoms with Gasteiger partial charge < -0.3 is 15.1 Å². The Balaban J connectivity index is 1.54. The van der Waals surface area contributed by atoms with E-state index in [2.05, 4.69) is 26.1 Å². The van der Waals surface area contributed by atoms with Crippen LogP contribution < -0.4 is 10.2 Å². The van der Waals surface area contributed by atoms with Gasteiger partial charge in [0.15, 0.2) is 0 Å². The molecule has 0 bridgehead atoms. The quantitative estimate of drug-likeness (QED) is 0.360. The first-order valence-corrected chi connectivity index (χ1v) is 14.5. The normalized spacial score (nSPS) is 19.2. The van der Waals surface area contributed by atoms with Crippen LogP contribution in [0.1, 0.15) is 79.5 Å². The number of piperidine rings is 1. The number of nitrogens with zero attached hydrogens (tertiary/aromatic N) is 2. The molecule has 2 heterocycles. The maximum absolute atomic E-state index is 15.6. The molecule has 6 nitrogen and oxygen atoms in total. The summed E-state index contributed by atoms with van der Waals surface area (Å²) >= 11 is 0. The molecule has 0 saturated carbocycles. The number of benzene rings is 3. The summed E-state index contributed by atoms with van der Waals surface area (Å²) in [6.45, 7) is 8.67. The number of hydrogen-bond acceptors (Lipinski definition) is 3. The van der Waals surface area contributed by atoms with Gasteiger partial charge in [0.2, 0.25) is 11.8 Å². The average Bonchev–Trinajstić information content (AvgIpc) is 3.37. The highest BCUT2D eigenvalue weighted by molar-refractivity contribution is 5.98. The lowest BCUT2D eigenvalue weighted by atomic mass is 9.83. The van der Waals surface area contributed by atoms with Gasteiger partial charge in [-0.1, -0.05) is 51.1 Å². The maximum Gasteiger partial charge on any atom is 0.257 e. The first-order chi connectivity index (χ1) is 20.0. The van der Waals surface area contributed by atoms with Crippen molar-refractivity contribution in [3.05, 3.63) is 94.6 Å². The number of carbonyl (C=O) groups is 3. The summed E-state index contributed by atoms with van der Waals surface area (Å²) in [4.78, 5) is 43.0. The lowest BCUT2D eigenvalue weighted by molar-refractivity contribution is -0.123. The highest BCUT2D eigenvalue weighted by Gasteiger charge is 2.41. The third-order valence-electron chi connectivity index (χ3n) is 8.34. The Bertz CT molecular complexity index is 1510. The van der Waals surface area contributed by atoms with Gasteiger partial charge in [0.25, 0.3) is 5.91 Å². The second kappa shape index (κ2) is 11.7. The van der Waals surface area contributed by atoms with Crippen LogP contribution >= 0.6 is 0 Å². The second-order valence-electron chi connectivity index (χ2n) is 12.3. The fourth-order valence-electron chi connectivity index (χ4n) is 6.08. The number of amides is 3. The van der Waals surface area contributed by atoms with Crippen molar-refractivity contribution in [2.24, 2.45) is 5.92 Å². The smallest absolute Gasteiger partial charge is 0.257 e. The van der Waals surface area contributed by atoms with Crippen LogP contribution in [0.3, 0.4) is 0 Å². The summed E-state index contributed by atoms with van der Waals surface area (Å²) < 4.78 is 30.5. The van der Waals surface area contributed by atoms with Gasteiger partial charge in [-0.15, -0.1) is 0 Å². The summed E-state index contributed by atoms with van der Waals surface area (Å²) in [6.07, 6.45) is 2.01. The van der Waals surface area contributed by atoms with Crippen LogP contribution in [0.25, 0.3) is 0 Å². The topological polar surface area (TPSA) is 69.7 Å². The molecule has 0 unspecified atom stereocenters. The van der Waals surface area contributed by atoms with Crippen molar-refractivity contribution in [3.8, 4) is 0 Å². The van der Waals surface area contributed by atoms with Crippen LogP contribution in [0.4, 0.5) is 20.2 Å². The Kier molecular flexibility index (Phi) is 8.17. The van der Waals surface area contributed by atoms with Crippen molar-refractivity contribution in [3.63, 3.8) is 0 Å². The van der Waals surface area contributed by atoms with Gasteiger partial charge >= 0.3 is 0 Å². The van der Waals surface area contributed by atoms with E-state index in [1.54, 1.807) is 31.2 Å². The van der Waals surface area contributed by atoms with Crippen molar-refractivity contribution >= 4 is 29.1 Å². The zero-order valence-corrected chi connectivity index (χ0v) is 24.5. The van der Waals surface area contributed by atoms with E-state index in [-0.39, 0.29) is 35.0 Å². The molecule has 2 aliphatic rings. The van der Waals surface area contributed by atoms with Crippen LogP contribution in [0.15, 0.2) is 60.7 Å². The zero-order chi connectivity index (χ0) is 30.2. The van der Waals surface area contributed by atoms with Crippen LogP contribution in [0, 0.1) is 24.5 Å². The molecule has 0 aromatic heterocycles. The molecule has 0 spiro atoms. The molecule has 3 amide bonds. The van der Waals surface area contributed by atoms with E-state index in [4.69, 9.17) is 0 Å². The molecule has 0 radical (unpaired) electrons. The average molecular weight is 574 g/mol. The number of aryl methyl sites for hydroxylation is 1. The molecule has 2 fully saturated rings. The van der Waals surface area contributed by atoms with Crippen LogP contribution in [0.5, 0.6) is 0 Å². The molecule has 5 rings (SSSR count). The molecule has 2 saturated heterocycles. The van der Waals surface area contributed by atoms with Crippen molar-refractivity contribution < 1.29 is 23.2 Å². The van der Waals surface area contributed by atoms with Gasteiger partial charge in [-0.2, -0.15) is 0 Å². The molecule has 0 aliphatic carbocycles. The molecule has 3 aromatic carbocycles. The molecule has 3 aromatic rings. The lowest BCUT2D eigenvalue weighted by Gasteiger charge is -2.41. The number of anilines is 2. The van der Waals surface area contributed by atoms with E-state index in [0.29, 0.717) is 49.0 Å². The summed E-state index contributed by atoms with van der Waals surface area (Å²) in [5.41, 5.74) is 2.60. The minimum atomic E-state index is -0.839. The van der Waals surface area contributed by atoms with E-state index in [1.165, 1.54) is 21.9 Å². The van der Waals surface area contributed by atoms with E-state index >= 15 is 4.39 Å². The third kappa shape index (κ3) is 5.80. The fourth-order valence-corrected chi connectivity index (χ4v) is 6.08. The monoisotopic (exact) mass is 573 g/mol. The Morgan fingerprint density at radius 1 is 0.929 bits per heavy atom. The molecular weight excluding hydrogens is 536 g/mol. The van der Waals surface area contributed by atoms with Crippen molar-refractivity contribution in [2.75, 3.05) is 23.3 Å². The summed E-state index contributed by atoms with van der Waals surface area (Å²) in [5.74, 6) is -2.93. The molecule has 2 aliphatic heterocycles. The molecule has 2 atom stereocenters. The molecule has 42 heavy (non-hydrogen) atoms. The van der Waals surface area contributed by atoms with Crippen LogP contribution in [-0.4, -0.2) is 35.7 Å². The molecule has 220 valence electrons. The standard InChI is InChI=1S/C34H37F2N3O3/c1-21-9-5-13-26(35)30(21)33(42)39-18-7-12-25(32(41)37-24-11-6-10-23(20-24)34(2,3)4)31(39)22-15-16-28(27(36)19-22)38-17-8-14-29(38)40/h5-6,9-11,13,15-16,19-20,25,31H,7-8,12,14,17-18H2,1-4H3,(H,37,41)/t25-,31-/m0/s1. The van der Waals surface area contributed by atoms with Crippen molar-refractivity contribution in [2.45, 2.75) is 64.8 Å². The molecular formula is C34H37F2N3O3. The minimum Gasteiger partial charge on any atom is -0.331 e. The Morgan fingerprint density at radius 2 is 1.69 bits per heavy atom. The number of hydrogen-bond donors (Lipinski definition) is 1. The van der Waals surface area contributed by atoms with Gasteiger partial charge in [0.05, 0.1) is 23.2 Å². The maximum atomic E-state index is 15.6. The second-order valence-corrected chi connectivity index (χ2v) is 12.3. The molecule has 8 heteroatoms. The highest BCUT2D eigenvalue weighted by Crippen LogP contribution is 2.40. The Labute approximate surface area is 245 Å².